The highest BCUT2D eigenvalue weighted by atomic mass is 16.6. The number of rotatable bonds is 7. The molecule has 1 atom stereocenters. The van der Waals surface area contributed by atoms with Crippen molar-refractivity contribution in [3.8, 4) is 24.8 Å². The number of carbonyl (C=O) groups is 3. The molecule has 0 radical (unpaired) electrons. The number of ether oxygens (including phenoxy) is 1. The maximum absolute atomic E-state index is 13.2. The zero-order valence-corrected chi connectivity index (χ0v) is 18.9. The molecule has 2 aromatic carbocycles. The van der Waals surface area contributed by atoms with Gasteiger partial charge in [-0.05, 0) is 32.4 Å². The Morgan fingerprint density at radius 3 is 2.24 bits per heavy atom. The van der Waals surface area contributed by atoms with Crippen LogP contribution in [-0.4, -0.2) is 35.0 Å². The highest BCUT2D eigenvalue weighted by molar-refractivity contribution is 5.92. The van der Waals surface area contributed by atoms with Crippen molar-refractivity contribution in [2.45, 2.75) is 39.0 Å². The van der Waals surface area contributed by atoms with E-state index in [4.69, 9.17) is 17.6 Å². The van der Waals surface area contributed by atoms with Gasteiger partial charge in [0.15, 0.2) is 0 Å². The molecule has 0 saturated heterocycles. The van der Waals surface area contributed by atoms with Crippen molar-refractivity contribution in [1.82, 2.24) is 15.5 Å². The summed E-state index contributed by atoms with van der Waals surface area (Å²) in [6.45, 7) is 4.88. The van der Waals surface area contributed by atoms with E-state index in [9.17, 15) is 14.4 Å². The fourth-order valence-corrected chi connectivity index (χ4v) is 2.98. The van der Waals surface area contributed by atoms with E-state index in [1.54, 1.807) is 45.0 Å². The zero-order valence-electron chi connectivity index (χ0n) is 18.9. The van der Waals surface area contributed by atoms with Gasteiger partial charge < -0.3 is 15.4 Å². The fraction of sp³-hybridized carbons (Fsp3) is 0.269. The van der Waals surface area contributed by atoms with Crippen LogP contribution < -0.4 is 10.6 Å². The van der Waals surface area contributed by atoms with Crippen molar-refractivity contribution in [1.29, 1.82) is 0 Å². The van der Waals surface area contributed by atoms with Crippen molar-refractivity contribution in [2.75, 3.05) is 6.54 Å². The lowest BCUT2D eigenvalue weighted by Crippen LogP contribution is -2.45. The first-order chi connectivity index (χ1) is 15.7. The minimum absolute atomic E-state index is 0.233. The summed E-state index contributed by atoms with van der Waals surface area (Å²) in [6.07, 6.45) is 10.5. The van der Waals surface area contributed by atoms with Crippen LogP contribution in [0.5, 0.6) is 0 Å². The first-order valence-corrected chi connectivity index (χ1v) is 10.3. The lowest BCUT2D eigenvalue weighted by Gasteiger charge is -2.27. The van der Waals surface area contributed by atoms with Crippen LogP contribution in [0.15, 0.2) is 54.6 Å². The first kappa shape index (κ1) is 25.0. The van der Waals surface area contributed by atoms with E-state index in [1.807, 2.05) is 30.3 Å². The number of alkyl carbamates (subject to hydrolysis) is 1. The molecule has 0 heterocycles. The first-order valence-electron chi connectivity index (χ1n) is 10.3. The van der Waals surface area contributed by atoms with E-state index in [2.05, 4.69) is 22.6 Å². The Kier molecular flexibility index (Phi) is 8.65. The molecule has 170 valence electrons. The molecule has 33 heavy (non-hydrogen) atoms. The van der Waals surface area contributed by atoms with Crippen LogP contribution in [0.4, 0.5) is 4.79 Å². The van der Waals surface area contributed by atoms with Gasteiger partial charge in [0.25, 0.3) is 5.91 Å². The number of hydrogen-bond acceptors (Lipinski definition) is 4. The summed E-state index contributed by atoms with van der Waals surface area (Å²) < 4.78 is 5.14. The molecule has 0 aliphatic rings. The van der Waals surface area contributed by atoms with Gasteiger partial charge in [-0.25, -0.2) is 4.79 Å². The van der Waals surface area contributed by atoms with E-state index in [-0.39, 0.29) is 6.54 Å². The Labute approximate surface area is 194 Å². The van der Waals surface area contributed by atoms with Gasteiger partial charge in [-0.3, -0.25) is 14.5 Å². The van der Waals surface area contributed by atoms with Gasteiger partial charge in [-0.15, -0.1) is 6.42 Å². The highest BCUT2D eigenvalue weighted by Gasteiger charge is 2.32. The van der Waals surface area contributed by atoms with Gasteiger partial charge in [0, 0.05) is 23.7 Å². The number of terminal acetylenes is 2. The number of benzene rings is 2. The van der Waals surface area contributed by atoms with Crippen molar-refractivity contribution in [2.24, 2.45) is 0 Å². The Bertz CT molecular complexity index is 1080. The van der Waals surface area contributed by atoms with E-state index >= 15 is 0 Å². The van der Waals surface area contributed by atoms with E-state index in [0.29, 0.717) is 11.1 Å². The van der Waals surface area contributed by atoms with Crippen LogP contribution in [0, 0.1) is 24.8 Å². The lowest BCUT2D eigenvalue weighted by atomic mass is 9.98. The second-order valence-electron chi connectivity index (χ2n) is 8.09. The number of carbonyl (C=O) groups excluding carboxylic acids is 3. The van der Waals surface area contributed by atoms with E-state index in [1.165, 1.54) is 0 Å². The second kappa shape index (κ2) is 11.4. The maximum Gasteiger partial charge on any atom is 0.408 e. The third-order valence-corrected chi connectivity index (χ3v) is 4.42. The molecule has 0 bridgehead atoms. The summed E-state index contributed by atoms with van der Waals surface area (Å²) in [7, 11) is 0. The summed E-state index contributed by atoms with van der Waals surface area (Å²) in [5.74, 6) is 1.34. The minimum Gasteiger partial charge on any atom is -0.444 e. The number of nitrogens with one attached hydrogen (secondary N) is 2. The lowest BCUT2D eigenvalue weighted by molar-refractivity contribution is -0.136. The molecule has 2 rings (SSSR count). The Morgan fingerprint density at radius 1 is 1.00 bits per heavy atom. The number of nitrogens with zero attached hydrogens (tertiary/aromatic N) is 1. The smallest absolute Gasteiger partial charge is 0.408 e. The molecule has 3 amide bonds. The second-order valence-corrected chi connectivity index (χ2v) is 8.09. The molecule has 2 aromatic rings. The van der Waals surface area contributed by atoms with Gasteiger partial charge in [-0.2, -0.15) is 0 Å². The molecule has 7 nitrogen and oxygen atoms in total. The summed E-state index contributed by atoms with van der Waals surface area (Å²) in [6, 6.07) is 17.1. The molecule has 0 aliphatic carbocycles. The Balaban J connectivity index is 2.27. The molecule has 0 fully saturated rings. The topological polar surface area (TPSA) is 87.7 Å². The molecular weight excluding hydrogens is 418 g/mol. The molecule has 0 aromatic heterocycles. The van der Waals surface area contributed by atoms with Gasteiger partial charge in [-0.1, -0.05) is 60.9 Å². The Morgan fingerprint density at radius 2 is 1.64 bits per heavy atom. The van der Waals surface area contributed by atoms with Crippen LogP contribution in [0.2, 0.25) is 0 Å². The molecule has 1 unspecified atom stereocenters. The molecular formula is C26H27N3O4. The molecule has 7 heteroatoms. The normalized spacial score (nSPS) is 11.3. The zero-order chi connectivity index (χ0) is 24.4. The van der Waals surface area contributed by atoms with Crippen molar-refractivity contribution in [3.63, 3.8) is 0 Å². The van der Waals surface area contributed by atoms with Crippen molar-refractivity contribution >= 4 is 17.9 Å². The van der Waals surface area contributed by atoms with Crippen molar-refractivity contribution in [3.05, 3.63) is 71.3 Å². The number of amides is 3. The monoisotopic (exact) mass is 445 g/mol. The van der Waals surface area contributed by atoms with E-state index < -0.39 is 36.1 Å². The molecule has 0 aliphatic heterocycles. The van der Waals surface area contributed by atoms with Gasteiger partial charge >= 0.3 is 6.09 Å². The van der Waals surface area contributed by atoms with E-state index in [0.717, 1.165) is 10.5 Å². The number of hydrogen-bond donors (Lipinski definition) is 2. The fourth-order valence-electron chi connectivity index (χ4n) is 2.98. The summed E-state index contributed by atoms with van der Waals surface area (Å²) >= 11 is 0. The summed E-state index contributed by atoms with van der Waals surface area (Å²) in [5, 5.41) is 5.17. The van der Waals surface area contributed by atoms with Gasteiger partial charge in [0.1, 0.15) is 18.2 Å². The highest BCUT2D eigenvalue weighted by Crippen LogP contribution is 2.24. The predicted octanol–water partition coefficient (Wildman–Crippen LogP) is 2.97. The van der Waals surface area contributed by atoms with Crippen LogP contribution in [0.3, 0.4) is 0 Å². The quantitative estimate of drug-likeness (QED) is 0.507. The Hall–Kier alpha value is -4.23. The van der Waals surface area contributed by atoms with Crippen LogP contribution >= 0.6 is 0 Å². The van der Waals surface area contributed by atoms with Crippen LogP contribution in [0.1, 0.15) is 43.5 Å². The van der Waals surface area contributed by atoms with Crippen LogP contribution in [-0.2, 0) is 20.9 Å². The molecule has 0 saturated carbocycles. The van der Waals surface area contributed by atoms with Gasteiger partial charge in [0.2, 0.25) is 5.91 Å². The molecule has 0 spiro atoms. The maximum atomic E-state index is 13.2. The molecule has 2 N–H and O–H groups in total. The summed E-state index contributed by atoms with van der Waals surface area (Å²) in [4.78, 5) is 39.0. The SMILES string of the molecule is C#Cc1ccccc1C(C(=O)NCc1ccccc1)N(C#C)C(=O)CNC(=O)OC(C)(C)C. The third kappa shape index (κ3) is 7.45. The average molecular weight is 446 g/mol. The predicted molar refractivity (Wildman–Crippen MR) is 125 cm³/mol. The van der Waals surface area contributed by atoms with Gasteiger partial charge in [0.05, 0.1) is 0 Å². The standard InChI is InChI=1S/C26H27N3O4/c1-6-20-15-11-12-16-21(20)23(24(31)27-17-19-13-9-8-10-14-19)29(7-2)22(30)18-28-25(32)33-26(3,4)5/h1-2,8-16,23H,17-18H2,3-5H3,(H,27,31)(H,28,32). The third-order valence-electron chi connectivity index (χ3n) is 4.42. The largest absolute Gasteiger partial charge is 0.444 e. The van der Waals surface area contributed by atoms with Crippen molar-refractivity contribution < 1.29 is 19.1 Å². The van der Waals surface area contributed by atoms with Crippen LogP contribution in [0.25, 0.3) is 0 Å². The summed E-state index contributed by atoms with van der Waals surface area (Å²) in [5.41, 5.74) is 0.963. The minimum atomic E-state index is -1.20. The average Bonchev–Trinajstić information content (AvgIpc) is 2.79.